The molecule has 0 atom stereocenters. The molecule has 0 aliphatic rings. The van der Waals surface area contributed by atoms with Crippen molar-refractivity contribution in [2.75, 3.05) is 0 Å². The molecule has 0 aromatic heterocycles. The van der Waals surface area contributed by atoms with Gasteiger partial charge in [-0.2, -0.15) is 0 Å². The molecule has 0 fully saturated rings. The highest BCUT2D eigenvalue weighted by molar-refractivity contribution is 8.10. The van der Waals surface area contributed by atoms with Crippen molar-refractivity contribution in [2.45, 2.75) is 48.0 Å². The lowest BCUT2D eigenvalue weighted by Crippen LogP contribution is -2.43. The minimum absolute atomic E-state index is 0.0214. The number of hydrogen-bond donors (Lipinski definition) is 0. The third-order valence-corrected chi connectivity index (χ3v) is 10.4. The largest absolute Gasteiger partial charge is 0.222 e. The molecule has 2 aromatic carbocycles. The van der Waals surface area contributed by atoms with E-state index in [2.05, 4.69) is 0 Å². The van der Waals surface area contributed by atoms with Crippen molar-refractivity contribution < 1.29 is 16.8 Å². The van der Waals surface area contributed by atoms with Crippen molar-refractivity contribution in [3.63, 3.8) is 0 Å². The van der Waals surface area contributed by atoms with E-state index in [1.165, 1.54) is 31.2 Å². The molecule has 0 spiro atoms. The minimum atomic E-state index is -4.07. The first-order valence-electron chi connectivity index (χ1n) is 7.69. The molecule has 0 bridgehead atoms. The Kier molecular flexibility index (Phi) is 4.93. The zero-order valence-electron chi connectivity index (χ0n) is 14.3. The van der Waals surface area contributed by atoms with E-state index in [0.29, 0.717) is 0 Å². The average Bonchev–Trinajstić information content (AvgIpc) is 2.54. The molecule has 0 radical (unpaired) electrons. The van der Waals surface area contributed by atoms with Gasteiger partial charge in [-0.05, 0) is 51.5 Å². The summed E-state index contributed by atoms with van der Waals surface area (Å²) in [7, 11) is -8.14. The van der Waals surface area contributed by atoms with Gasteiger partial charge in [0.05, 0.1) is 9.79 Å². The zero-order chi connectivity index (χ0) is 18.2. The molecule has 24 heavy (non-hydrogen) atoms. The molecule has 0 unspecified atom stereocenters. The van der Waals surface area contributed by atoms with Crippen molar-refractivity contribution >= 4 is 19.7 Å². The van der Waals surface area contributed by atoms with Gasteiger partial charge in [-0.3, -0.25) is 0 Å². The zero-order valence-corrected chi connectivity index (χ0v) is 15.9. The molecule has 2 aromatic rings. The van der Waals surface area contributed by atoms with E-state index in [1.807, 2.05) is 13.8 Å². The summed E-state index contributed by atoms with van der Waals surface area (Å²) >= 11 is 0. The van der Waals surface area contributed by atoms with Crippen LogP contribution >= 0.6 is 0 Å². The van der Waals surface area contributed by atoms with Crippen LogP contribution in [0.2, 0.25) is 0 Å². The molecule has 4 nitrogen and oxygen atoms in total. The van der Waals surface area contributed by atoms with Gasteiger partial charge in [0.2, 0.25) is 0 Å². The lowest BCUT2D eigenvalue weighted by molar-refractivity contribution is 0.542. The van der Waals surface area contributed by atoms with Crippen LogP contribution in [-0.4, -0.2) is 20.9 Å². The molecule has 6 heteroatoms. The van der Waals surface area contributed by atoms with Gasteiger partial charge in [-0.15, -0.1) is 0 Å². The van der Waals surface area contributed by atoms with Crippen LogP contribution in [0.25, 0.3) is 0 Å². The Balaban J connectivity index is 2.66. The summed E-state index contributed by atoms with van der Waals surface area (Å²) in [5.41, 5.74) is 1.82. The normalized spacial score (nSPS) is 13.0. The fourth-order valence-electron chi connectivity index (χ4n) is 2.46. The molecule has 130 valence electrons. The second-order valence-electron chi connectivity index (χ2n) is 6.12. The van der Waals surface area contributed by atoms with Gasteiger partial charge < -0.3 is 0 Å². The Hall–Kier alpha value is -1.66. The predicted molar refractivity (Wildman–Crippen MR) is 95.4 cm³/mol. The SMILES string of the molecule is CCC(C)(S(=O)(=O)c1ccc(C)cc1)S(=O)(=O)c1ccc(C)cc1. The molecular formula is C18H22O4S2. The second kappa shape index (κ2) is 6.33. The molecule has 0 heterocycles. The van der Waals surface area contributed by atoms with Crippen molar-refractivity contribution in [3.8, 4) is 0 Å². The van der Waals surface area contributed by atoms with Crippen LogP contribution in [0.15, 0.2) is 58.3 Å². The Morgan fingerprint density at radius 1 is 0.708 bits per heavy atom. The van der Waals surface area contributed by atoms with E-state index in [-0.39, 0.29) is 16.2 Å². The summed E-state index contributed by atoms with van der Waals surface area (Å²) in [5, 5.41) is 0. The standard InChI is InChI=1S/C18H22O4S2/c1-5-18(4,23(19,20)16-10-6-14(2)7-11-16)24(21,22)17-12-8-15(3)9-13-17/h6-13H,5H2,1-4H3. The summed E-state index contributed by atoms with van der Waals surface area (Å²) < 4.78 is 50.5. The summed E-state index contributed by atoms with van der Waals surface area (Å²) in [6.07, 6.45) is -0.0422. The van der Waals surface area contributed by atoms with Gasteiger partial charge in [0.15, 0.2) is 23.8 Å². The van der Waals surface area contributed by atoms with E-state index >= 15 is 0 Å². The first-order chi connectivity index (χ1) is 11.1. The van der Waals surface area contributed by atoms with Gasteiger partial charge in [0, 0.05) is 0 Å². The van der Waals surface area contributed by atoms with Crippen molar-refractivity contribution in [1.29, 1.82) is 0 Å². The molecular weight excluding hydrogens is 344 g/mol. The first-order valence-corrected chi connectivity index (χ1v) is 10.7. The van der Waals surface area contributed by atoms with Crippen LogP contribution in [0.1, 0.15) is 31.4 Å². The van der Waals surface area contributed by atoms with E-state index in [1.54, 1.807) is 31.2 Å². The highest BCUT2D eigenvalue weighted by Gasteiger charge is 2.50. The van der Waals surface area contributed by atoms with Crippen LogP contribution in [0.3, 0.4) is 0 Å². The molecule has 0 N–H and O–H groups in total. The third kappa shape index (κ3) is 2.89. The highest BCUT2D eigenvalue weighted by atomic mass is 32.3. The number of benzene rings is 2. The fourth-order valence-corrected chi connectivity index (χ4v) is 6.94. The maximum Gasteiger partial charge on any atom is 0.198 e. The fraction of sp³-hybridized carbons (Fsp3) is 0.333. The van der Waals surface area contributed by atoms with Gasteiger partial charge in [0.1, 0.15) is 0 Å². The second-order valence-corrected chi connectivity index (χ2v) is 11.1. The topological polar surface area (TPSA) is 68.3 Å². The quantitative estimate of drug-likeness (QED) is 0.809. The highest BCUT2D eigenvalue weighted by Crippen LogP contribution is 2.38. The lowest BCUT2D eigenvalue weighted by atomic mass is 10.2. The maximum atomic E-state index is 13.1. The van der Waals surface area contributed by atoms with Crippen LogP contribution < -0.4 is 0 Å². The number of aryl methyl sites for hydroxylation is 2. The van der Waals surface area contributed by atoms with Crippen LogP contribution in [-0.2, 0) is 19.7 Å². The van der Waals surface area contributed by atoms with Crippen molar-refractivity contribution in [1.82, 2.24) is 0 Å². The van der Waals surface area contributed by atoms with E-state index < -0.39 is 23.8 Å². The number of hydrogen-bond acceptors (Lipinski definition) is 4. The first kappa shape index (κ1) is 18.7. The Morgan fingerprint density at radius 2 is 1.00 bits per heavy atom. The molecule has 0 saturated heterocycles. The molecule has 0 saturated carbocycles. The van der Waals surface area contributed by atoms with E-state index in [4.69, 9.17) is 0 Å². The van der Waals surface area contributed by atoms with Gasteiger partial charge in [0.25, 0.3) is 0 Å². The average molecular weight is 367 g/mol. The van der Waals surface area contributed by atoms with E-state index in [0.717, 1.165) is 11.1 Å². The van der Waals surface area contributed by atoms with Gasteiger partial charge >= 0.3 is 0 Å². The minimum Gasteiger partial charge on any atom is -0.222 e. The Morgan fingerprint density at radius 3 is 1.25 bits per heavy atom. The monoisotopic (exact) mass is 366 g/mol. The molecule has 0 amide bonds. The Labute approximate surface area is 144 Å². The smallest absolute Gasteiger partial charge is 0.198 e. The lowest BCUT2D eigenvalue weighted by Gasteiger charge is -2.28. The van der Waals surface area contributed by atoms with Crippen LogP contribution in [0.4, 0.5) is 0 Å². The van der Waals surface area contributed by atoms with Gasteiger partial charge in [-0.25, -0.2) is 16.8 Å². The van der Waals surface area contributed by atoms with Crippen LogP contribution in [0.5, 0.6) is 0 Å². The number of rotatable bonds is 5. The summed E-state index contributed by atoms with van der Waals surface area (Å²) in [6.45, 7) is 6.56. The molecule has 0 aliphatic heterocycles. The predicted octanol–water partition coefficient (Wildman–Crippen LogP) is 3.68. The molecule has 0 aliphatic carbocycles. The van der Waals surface area contributed by atoms with E-state index in [9.17, 15) is 16.8 Å². The maximum absolute atomic E-state index is 13.1. The Bertz CT molecular complexity index is 848. The molecule has 2 rings (SSSR count). The van der Waals surface area contributed by atoms with Gasteiger partial charge in [-0.1, -0.05) is 42.3 Å². The van der Waals surface area contributed by atoms with Crippen molar-refractivity contribution in [2.24, 2.45) is 0 Å². The summed E-state index contributed by atoms with van der Waals surface area (Å²) in [5.74, 6) is 0. The summed E-state index contributed by atoms with van der Waals surface area (Å²) in [6, 6.07) is 12.5. The third-order valence-electron chi connectivity index (χ3n) is 4.44. The van der Waals surface area contributed by atoms with Crippen molar-refractivity contribution in [3.05, 3.63) is 59.7 Å². The van der Waals surface area contributed by atoms with Crippen LogP contribution in [0, 0.1) is 13.8 Å². The number of sulfone groups is 2. The summed E-state index contributed by atoms with van der Waals surface area (Å²) in [4.78, 5) is 0.0428.